The summed E-state index contributed by atoms with van der Waals surface area (Å²) >= 11 is 1.56. The van der Waals surface area contributed by atoms with Gasteiger partial charge in [-0.1, -0.05) is 29.8 Å². The van der Waals surface area contributed by atoms with E-state index in [2.05, 4.69) is 36.5 Å². The Labute approximate surface area is 175 Å². The molecule has 0 fully saturated rings. The highest BCUT2D eigenvalue weighted by molar-refractivity contribution is 7.99. The molecule has 2 aromatic carbocycles. The van der Waals surface area contributed by atoms with Gasteiger partial charge in [-0.05, 0) is 31.5 Å². The van der Waals surface area contributed by atoms with Gasteiger partial charge in [0.15, 0.2) is 11.5 Å². The molecule has 0 bridgehead atoms. The van der Waals surface area contributed by atoms with Crippen LogP contribution < -0.4 is 14.8 Å². The van der Waals surface area contributed by atoms with Crippen LogP contribution in [0, 0.1) is 6.92 Å². The van der Waals surface area contributed by atoms with Crippen molar-refractivity contribution in [2.24, 2.45) is 0 Å². The number of hydrogen-bond acceptors (Lipinski definition) is 5. The first kappa shape index (κ1) is 21.0. The minimum absolute atomic E-state index is 0.0227. The molecule has 0 atom stereocenters. The minimum atomic E-state index is -0.236. The van der Waals surface area contributed by atoms with Crippen molar-refractivity contribution in [1.82, 2.24) is 4.90 Å². The highest BCUT2D eigenvalue weighted by Gasteiger charge is 2.17. The summed E-state index contributed by atoms with van der Waals surface area (Å²) in [6, 6.07) is 13.6. The molecule has 2 amide bonds. The second-order valence-corrected chi connectivity index (χ2v) is 7.78. The predicted octanol–water partition coefficient (Wildman–Crippen LogP) is 3.49. The van der Waals surface area contributed by atoms with Crippen LogP contribution >= 0.6 is 11.8 Å². The molecule has 29 heavy (non-hydrogen) atoms. The Hall–Kier alpha value is -2.67. The Morgan fingerprint density at radius 1 is 1.07 bits per heavy atom. The van der Waals surface area contributed by atoms with E-state index in [-0.39, 0.29) is 18.4 Å². The average Bonchev–Trinajstić information content (AvgIpc) is 2.73. The third-order valence-corrected chi connectivity index (χ3v) is 5.50. The van der Waals surface area contributed by atoms with Crippen LogP contribution in [0.15, 0.2) is 42.5 Å². The van der Waals surface area contributed by atoms with Gasteiger partial charge in [-0.15, -0.1) is 11.8 Å². The van der Waals surface area contributed by atoms with Crippen molar-refractivity contribution in [2.45, 2.75) is 19.6 Å². The van der Waals surface area contributed by atoms with Gasteiger partial charge in [-0.25, -0.2) is 0 Å². The third kappa shape index (κ3) is 6.15. The first-order valence-corrected chi connectivity index (χ1v) is 10.8. The Bertz CT molecular complexity index is 854. The number of anilines is 1. The number of aryl methyl sites for hydroxylation is 1. The van der Waals surface area contributed by atoms with E-state index in [1.807, 2.05) is 6.92 Å². The number of ether oxygens (including phenoxy) is 2. The van der Waals surface area contributed by atoms with Gasteiger partial charge in [0.1, 0.15) is 13.2 Å². The van der Waals surface area contributed by atoms with Gasteiger partial charge in [0, 0.05) is 24.1 Å². The fourth-order valence-corrected chi connectivity index (χ4v) is 3.79. The standard InChI is InChI=1S/C22H26N2O4S/c1-3-24(22(26)15-29-14-17-6-4-16(2)5-7-17)13-21(25)23-18-8-9-19-20(12-18)28-11-10-27-19/h4-9,12H,3,10-11,13-15H2,1-2H3,(H,23,25). The maximum absolute atomic E-state index is 12.5. The van der Waals surface area contributed by atoms with E-state index < -0.39 is 0 Å². The highest BCUT2D eigenvalue weighted by atomic mass is 32.2. The molecule has 0 radical (unpaired) electrons. The minimum Gasteiger partial charge on any atom is -0.486 e. The molecule has 0 unspecified atom stereocenters. The first-order valence-electron chi connectivity index (χ1n) is 9.65. The summed E-state index contributed by atoms with van der Waals surface area (Å²) in [6.45, 7) is 5.44. The first-order chi connectivity index (χ1) is 14.0. The van der Waals surface area contributed by atoms with E-state index >= 15 is 0 Å². The van der Waals surface area contributed by atoms with Crippen LogP contribution in [-0.4, -0.2) is 48.8 Å². The van der Waals surface area contributed by atoms with Crippen molar-refractivity contribution in [3.63, 3.8) is 0 Å². The predicted molar refractivity (Wildman–Crippen MR) is 116 cm³/mol. The number of fused-ring (bicyclic) bond motifs is 1. The number of carbonyl (C=O) groups excluding carboxylic acids is 2. The largest absolute Gasteiger partial charge is 0.486 e. The van der Waals surface area contributed by atoms with Crippen molar-refractivity contribution in [3.05, 3.63) is 53.6 Å². The summed E-state index contributed by atoms with van der Waals surface area (Å²) < 4.78 is 11.0. The van der Waals surface area contributed by atoms with E-state index in [9.17, 15) is 9.59 Å². The molecule has 154 valence electrons. The molecule has 7 heteroatoms. The number of nitrogens with zero attached hydrogens (tertiary/aromatic N) is 1. The van der Waals surface area contributed by atoms with Crippen LogP contribution in [0.1, 0.15) is 18.1 Å². The fraction of sp³-hybridized carbons (Fsp3) is 0.364. The van der Waals surface area contributed by atoms with Crippen LogP contribution in [0.2, 0.25) is 0 Å². The van der Waals surface area contributed by atoms with Crippen LogP contribution in [0.5, 0.6) is 11.5 Å². The maximum atomic E-state index is 12.5. The Morgan fingerprint density at radius 2 is 1.79 bits per heavy atom. The molecule has 1 aliphatic rings. The summed E-state index contributed by atoms with van der Waals surface area (Å²) in [7, 11) is 0. The number of benzene rings is 2. The molecule has 6 nitrogen and oxygen atoms in total. The van der Waals surface area contributed by atoms with E-state index in [0.717, 1.165) is 5.75 Å². The molecule has 1 aliphatic heterocycles. The number of nitrogens with one attached hydrogen (secondary N) is 1. The quantitative estimate of drug-likeness (QED) is 0.716. The zero-order valence-electron chi connectivity index (χ0n) is 16.8. The van der Waals surface area contributed by atoms with Gasteiger partial charge in [-0.2, -0.15) is 0 Å². The molecule has 1 N–H and O–H groups in total. The summed E-state index contributed by atoms with van der Waals surface area (Å²) in [5.74, 6) is 2.13. The van der Waals surface area contributed by atoms with E-state index in [1.54, 1.807) is 34.9 Å². The van der Waals surface area contributed by atoms with Crippen LogP contribution in [0.25, 0.3) is 0 Å². The Morgan fingerprint density at radius 3 is 2.52 bits per heavy atom. The number of amides is 2. The molecule has 3 rings (SSSR count). The summed E-state index contributed by atoms with van der Waals surface area (Å²) in [4.78, 5) is 26.4. The topological polar surface area (TPSA) is 67.9 Å². The lowest BCUT2D eigenvalue weighted by atomic mass is 10.2. The summed E-state index contributed by atoms with van der Waals surface area (Å²) in [5, 5.41) is 2.82. The van der Waals surface area contributed by atoms with Crippen LogP contribution in [0.4, 0.5) is 5.69 Å². The lowest BCUT2D eigenvalue weighted by molar-refractivity contribution is -0.132. The molecule has 0 aliphatic carbocycles. The van der Waals surface area contributed by atoms with Gasteiger partial charge in [-0.3, -0.25) is 9.59 Å². The highest BCUT2D eigenvalue weighted by Crippen LogP contribution is 2.32. The van der Waals surface area contributed by atoms with Crippen molar-refractivity contribution in [2.75, 3.05) is 37.4 Å². The normalized spacial score (nSPS) is 12.3. The second-order valence-electron chi connectivity index (χ2n) is 6.79. The number of hydrogen-bond donors (Lipinski definition) is 1. The molecule has 0 aromatic heterocycles. The SMILES string of the molecule is CCN(CC(=O)Nc1ccc2c(c1)OCCO2)C(=O)CSCc1ccc(C)cc1. The van der Waals surface area contributed by atoms with Gasteiger partial charge in [0.25, 0.3) is 0 Å². The van der Waals surface area contributed by atoms with Crippen LogP contribution in [0.3, 0.4) is 0 Å². The van der Waals surface area contributed by atoms with E-state index in [4.69, 9.17) is 9.47 Å². The lowest BCUT2D eigenvalue weighted by Crippen LogP contribution is -2.38. The smallest absolute Gasteiger partial charge is 0.243 e. The molecular formula is C22H26N2O4S. The zero-order valence-corrected chi connectivity index (χ0v) is 17.6. The van der Waals surface area contributed by atoms with Crippen molar-refractivity contribution < 1.29 is 19.1 Å². The molecule has 1 heterocycles. The lowest BCUT2D eigenvalue weighted by Gasteiger charge is -2.21. The van der Waals surface area contributed by atoms with E-state index in [0.29, 0.717) is 42.7 Å². The second kappa shape index (κ2) is 10.2. The molecule has 0 spiro atoms. The van der Waals surface area contributed by atoms with Crippen LogP contribution in [-0.2, 0) is 15.3 Å². The van der Waals surface area contributed by atoms with Crippen molar-refractivity contribution in [1.29, 1.82) is 0 Å². The molecule has 2 aromatic rings. The third-order valence-electron chi connectivity index (χ3n) is 4.51. The van der Waals surface area contributed by atoms with Gasteiger partial charge < -0.3 is 19.7 Å². The monoisotopic (exact) mass is 414 g/mol. The van der Waals surface area contributed by atoms with Crippen molar-refractivity contribution in [3.8, 4) is 11.5 Å². The summed E-state index contributed by atoms with van der Waals surface area (Å²) in [5.41, 5.74) is 3.03. The number of thioether (sulfide) groups is 1. The Balaban J connectivity index is 1.47. The zero-order chi connectivity index (χ0) is 20.6. The van der Waals surface area contributed by atoms with Crippen molar-refractivity contribution >= 4 is 29.3 Å². The van der Waals surface area contributed by atoms with Gasteiger partial charge >= 0.3 is 0 Å². The van der Waals surface area contributed by atoms with E-state index in [1.165, 1.54) is 11.1 Å². The number of carbonyl (C=O) groups is 2. The fourth-order valence-electron chi connectivity index (χ4n) is 2.90. The number of likely N-dealkylation sites (N-methyl/N-ethyl adjacent to an activating group) is 1. The summed E-state index contributed by atoms with van der Waals surface area (Å²) in [6.07, 6.45) is 0. The molecular weight excluding hydrogens is 388 g/mol. The Kier molecular flexibility index (Phi) is 7.41. The van der Waals surface area contributed by atoms with Gasteiger partial charge in [0.2, 0.25) is 11.8 Å². The average molecular weight is 415 g/mol. The molecule has 0 saturated heterocycles. The molecule has 0 saturated carbocycles. The maximum Gasteiger partial charge on any atom is 0.243 e. The van der Waals surface area contributed by atoms with Gasteiger partial charge in [0.05, 0.1) is 12.3 Å². The number of rotatable bonds is 8.